The molecule has 98 valence electrons. The molecule has 1 nitrogen and oxygen atoms in total. The Hall–Kier alpha value is -0.0400. The van der Waals surface area contributed by atoms with Crippen LogP contribution in [-0.4, -0.2) is 13.6 Å². The van der Waals surface area contributed by atoms with Crippen molar-refractivity contribution >= 4 is 0 Å². The minimum atomic E-state index is 0.826. The lowest BCUT2D eigenvalue weighted by molar-refractivity contribution is 0.336. The fraction of sp³-hybridized carbons (Fsp3) is 1.00. The van der Waals surface area contributed by atoms with E-state index in [9.17, 15) is 0 Å². The van der Waals surface area contributed by atoms with Crippen molar-refractivity contribution in [1.29, 1.82) is 0 Å². The van der Waals surface area contributed by atoms with Crippen molar-refractivity contribution in [2.24, 2.45) is 11.8 Å². The van der Waals surface area contributed by atoms with Gasteiger partial charge >= 0.3 is 0 Å². The predicted octanol–water partition coefficient (Wildman–Crippen LogP) is 4.62. The molecule has 0 heterocycles. The van der Waals surface area contributed by atoms with Gasteiger partial charge in [0.1, 0.15) is 0 Å². The summed E-state index contributed by atoms with van der Waals surface area (Å²) in [4.78, 5) is 0. The van der Waals surface area contributed by atoms with Crippen LogP contribution in [0.2, 0.25) is 0 Å². The van der Waals surface area contributed by atoms with Crippen LogP contribution in [0.1, 0.15) is 72.1 Å². The molecular formula is C15H33N. The number of hydrogen-bond acceptors (Lipinski definition) is 1. The predicted molar refractivity (Wildman–Crippen MR) is 74.9 cm³/mol. The van der Waals surface area contributed by atoms with Gasteiger partial charge in [0.25, 0.3) is 0 Å². The number of nitrogens with one attached hydrogen (secondary N) is 1. The third-order valence-electron chi connectivity index (χ3n) is 3.59. The van der Waals surface area contributed by atoms with Crippen LogP contribution < -0.4 is 5.32 Å². The zero-order valence-corrected chi connectivity index (χ0v) is 12.0. The Morgan fingerprint density at radius 3 is 1.94 bits per heavy atom. The van der Waals surface area contributed by atoms with Gasteiger partial charge in [-0.15, -0.1) is 0 Å². The Morgan fingerprint density at radius 1 is 0.875 bits per heavy atom. The molecule has 0 aromatic carbocycles. The average Bonchev–Trinajstić information content (AvgIpc) is 2.26. The summed E-state index contributed by atoms with van der Waals surface area (Å²) in [5.74, 6) is 1.70. The molecule has 0 bridgehead atoms. The first-order valence-corrected chi connectivity index (χ1v) is 7.37. The van der Waals surface area contributed by atoms with Crippen molar-refractivity contribution in [2.75, 3.05) is 13.6 Å². The van der Waals surface area contributed by atoms with Crippen LogP contribution in [0.5, 0.6) is 0 Å². The minimum absolute atomic E-state index is 0.826. The molecule has 0 fully saturated rings. The molecule has 0 radical (unpaired) electrons. The van der Waals surface area contributed by atoms with E-state index in [1.165, 1.54) is 57.9 Å². The molecule has 0 amide bonds. The molecule has 0 aliphatic carbocycles. The monoisotopic (exact) mass is 227 g/mol. The van der Waals surface area contributed by atoms with E-state index in [0.717, 1.165) is 11.8 Å². The third-order valence-corrected chi connectivity index (χ3v) is 3.59. The van der Waals surface area contributed by atoms with Gasteiger partial charge in [-0.05, 0) is 31.8 Å². The molecule has 1 unspecified atom stereocenters. The van der Waals surface area contributed by atoms with Crippen molar-refractivity contribution in [2.45, 2.75) is 72.1 Å². The Morgan fingerprint density at radius 2 is 1.44 bits per heavy atom. The maximum atomic E-state index is 3.32. The Balaban J connectivity index is 3.33. The largest absolute Gasteiger partial charge is 0.319 e. The van der Waals surface area contributed by atoms with E-state index >= 15 is 0 Å². The lowest BCUT2D eigenvalue weighted by atomic mass is 9.90. The first kappa shape index (κ1) is 16.0. The van der Waals surface area contributed by atoms with E-state index in [2.05, 4.69) is 33.1 Å². The highest BCUT2D eigenvalue weighted by Gasteiger charge is 2.11. The second-order valence-corrected chi connectivity index (χ2v) is 5.47. The van der Waals surface area contributed by atoms with Crippen LogP contribution in [-0.2, 0) is 0 Å². The fourth-order valence-corrected chi connectivity index (χ4v) is 2.30. The van der Waals surface area contributed by atoms with Crippen LogP contribution in [0, 0.1) is 11.8 Å². The molecule has 0 rings (SSSR count). The van der Waals surface area contributed by atoms with Gasteiger partial charge < -0.3 is 5.32 Å². The maximum absolute atomic E-state index is 3.32. The second kappa shape index (κ2) is 11.4. The number of rotatable bonds is 11. The molecule has 1 N–H and O–H groups in total. The molecule has 0 aliphatic rings. The minimum Gasteiger partial charge on any atom is -0.319 e. The van der Waals surface area contributed by atoms with Crippen molar-refractivity contribution in [3.8, 4) is 0 Å². The van der Waals surface area contributed by atoms with E-state index in [-0.39, 0.29) is 0 Å². The standard InChI is InChI=1S/C15H33N/c1-5-6-7-8-9-10-11-12-15(13-16-4)14(2)3/h14-16H,5-13H2,1-4H3. The first-order chi connectivity index (χ1) is 7.72. The van der Waals surface area contributed by atoms with E-state index in [0.29, 0.717) is 0 Å². The molecule has 0 saturated carbocycles. The summed E-state index contributed by atoms with van der Waals surface area (Å²) in [6.45, 7) is 8.17. The van der Waals surface area contributed by atoms with Crippen LogP contribution in [0.25, 0.3) is 0 Å². The second-order valence-electron chi connectivity index (χ2n) is 5.47. The molecule has 0 saturated heterocycles. The molecule has 16 heavy (non-hydrogen) atoms. The van der Waals surface area contributed by atoms with E-state index in [1.54, 1.807) is 0 Å². The van der Waals surface area contributed by atoms with Gasteiger partial charge in [-0.3, -0.25) is 0 Å². The van der Waals surface area contributed by atoms with Gasteiger partial charge in [0.05, 0.1) is 0 Å². The third kappa shape index (κ3) is 9.21. The van der Waals surface area contributed by atoms with Crippen molar-refractivity contribution in [3.05, 3.63) is 0 Å². The highest BCUT2D eigenvalue weighted by atomic mass is 14.8. The first-order valence-electron chi connectivity index (χ1n) is 7.37. The molecule has 1 atom stereocenters. The SMILES string of the molecule is CCCCCCCCCC(CNC)C(C)C. The number of hydrogen-bond donors (Lipinski definition) is 1. The van der Waals surface area contributed by atoms with Gasteiger partial charge in [0.15, 0.2) is 0 Å². The van der Waals surface area contributed by atoms with E-state index in [1.807, 2.05) is 0 Å². The van der Waals surface area contributed by atoms with E-state index in [4.69, 9.17) is 0 Å². The zero-order valence-electron chi connectivity index (χ0n) is 12.0. The van der Waals surface area contributed by atoms with Crippen molar-refractivity contribution in [3.63, 3.8) is 0 Å². The van der Waals surface area contributed by atoms with Crippen molar-refractivity contribution in [1.82, 2.24) is 5.32 Å². The van der Waals surface area contributed by atoms with Gasteiger partial charge in [0.2, 0.25) is 0 Å². The van der Waals surface area contributed by atoms with Crippen LogP contribution in [0.4, 0.5) is 0 Å². The van der Waals surface area contributed by atoms with Gasteiger partial charge in [-0.1, -0.05) is 65.7 Å². The molecule has 0 aromatic heterocycles. The van der Waals surface area contributed by atoms with Gasteiger partial charge in [-0.25, -0.2) is 0 Å². The maximum Gasteiger partial charge on any atom is -0.00211 e. The molecular weight excluding hydrogens is 194 g/mol. The molecule has 0 aromatic rings. The zero-order chi connectivity index (χ0) is 12.2. The Bertz CT molecular complexity index is 131. The summed E-state index contributed by atoms with van der Waals surface area (Å²) in [6, 6.07) is 0. The summed E-state index contributed by atoms with van der Waals surface area (Å²) in [5, 5.41) is 3.32. The van der Waals surface area contributed by atoms with E-state index < -0.39 is 0 Å². The summed E-state index contributed by atoms with van der Waals surface area (Å²) >= 11 is 0. The molecule has 0 spiro atoms. The van der Waals surface area contributed by atoms with Crippen LogP contribution in [0.3, 0.4) is 0 Å². The Labute approximate surface area is 103 Å². The van der Waals surface area contributed by atoms with Gasteiger partial charge in [-0.2, -0.15) is 0 Å². The van der Waals surface area contributed by atoms with Crippen LogP contribution >= 0.6 is 0 Å². The topological polar surface area (TPSA) is 12.0 Å². The number of unbranched alkanes of at least 4 members (excludes halogenated alkanes) is 6. The summed E-state index contributed by atoms with van der Waals surface area (Å²) in [7, 11) is 2.07. The fourth-order valence-electron chi connectivity index (χ4n) is 2.30. The Kier molecular flexibility index (Phi) is 11.4. The highest BCUT2D eigenvalue weighted by molar-refractivity contribution is 4.65. The van der Waals surface area contributed by atoms with Crippen molar-refractivity contribution < 1.29 is 0 Å². The lowest BCUT2D eigenvalue weighted by Crippen LogP contribution is -2.23. The molecule has 1 heteroatoms. The van der Waals surface area contributed by atoms with Crippen LogP contribution in [0.15, 0.2) is 0 Å². The lowest BCUT2D eigenvalue weighted by Gasteiger charge is -2.20. The molecule has 0 aliphatic heterocycles. The average molecular weight is 227 g/mol. The smallest absolute Gasteiger partial charge is 0.00211 e. The quantitative estimate of drug-likeness (QED) is 0.508. The summed E-state index contributed by atoms with van der Waals surface area (Å²) in [6.07, 6.45) is 11.4. The summed E-state index contributed by atoms with van der Waals surface area (Å²) in [5.41, 5.74) is 0. The summed E-state index contributed by atoms with van der Waals surface area (Å²) < 4.78 is 0. The normalized spacial score (nSPS) is 13.3. The highest BCUT2D eigenvalue weighted by Crippen LogP contribution is 2.18. The van der Waals surface area contributed by atoms with Gasteiger partial charge in [0, 0.05) is 0 Å².